The monoisotopic (exact) mass is 278 g/mol. The van der Waals surface area contributed by atoms with E-state index in [2.05, 4.69) is 37.1 Å². The molecule has 20 heavy (non-hydrogen) atoms. The summed E-state index contributed by atoms with van der Waals surface area (Å²) in [6, 6.07) is 3.04. The maximum Gasteiger partial charge on any atom is 0.120 e. The van der Waals surface area contributed by atoms with Gasteiger partial charge in [-0.05, 0) is 57.3 Å². The fourth-order valence-corrected chi connectivity index (χ4v) is 2.61. The van der Waals surface area contributed by atoms with Crippen LogP contribution in [0.25, 0.3) is 0 Å². The van der Waals surface area contributed by atoms with E-state index in [0.29, 0.717) is 0 Å². The van der Waals surface area contributed by atoms with Crippen LogP contribution in [0.1, 0.15) is 63.0 Å². The Morgan fingerprint density at radius 3 is 2.75 bits per heavy atom. The molecule has 1 aliphatic carbocycles. The minimum absolute atomic E-state index is 0.814. The fourth-order valence-electron chi connectivity index (χ4n) is 2.61. The maximum absolute atomic E-state index is 6.05. The van der Waals surface area contributed by atoms with Crippen molar-refractivity contribution in [3.8, 4) is 0 Å². The van der Waals surface area contributed by atoms with Crippen LogP contribution >= 0.6 is 0 Å². The Labute approximate surface area is 123 Å². The summed E-state index contributed by atoms with van der Waals surface area (Å²) in [6.07, 6.45) is 6.47. The van der Waals surface area contributed by atoms with E-state index in [-0.39, 0.29) is 0 Å². The van der Waals surface area contributed by atoms with E-state index in [1.54, 1.807) is 0 Å². The Hall–Kier alpha value is -0.800. The van der Waals surface area contributed by atoms with E-state index in [1.165, 1.54) is 44.2 Å². The third-order valence-electron chi connectivity index (χ3n) is 4.01. The zero-order valence-electron chi connectivity index (χ0n) is 13.4. The van der Waals surface area contributed by atoms with Crippen LogP contribution in [0.2, 0.25) is 0 Å². The second-order valence-corrected chi connectivity index (χ2v) is 6.05. The molecule has 1 fully saturated rings. The lowest BCUT2D eigenvalue weighted by molar-refractivity contribution is 0.228. The molecule has 2 rings (SSSR count). The molecule has 0 aromatic carbocycles. The molecule has 1 saturated carbocycles. The number of nitrogens with one attached hydrogen (secondary N) is 1. The lowest BCUT2D eigenvalue weighted by Gasteiger charge is -2.20. The van der Waals surface area contributed by atoms with E-state index in [1.807, 2.05) is 0 Å². The lowest BCUT2D eigenvalue weighted by Crippen LogP contribution is -2.26. The van der Waals surface area contributed by atoms with Crippen molar-refractivity contribution in [3.05, 3.63) is 23.2 Å². The number of hydrogen-bond donors (Lipinski definition) is 1. The van der Waals surface area contributed by atoms with Gasteiger partial charge in [-0.1, -0.05) is 20.3 Å². The van der Waals surface area contributed by atoms with Crippen LogP contribution in [-0.2, 0) is 13.1 Å². The van der Waals surface area contributed by atoms with Crippen LogP contribution in [0.5, 0.6) is 0 Å². The zero-order valence-corrected chi connectivity index (χ0v) is 13.4. The summed E-state index contributed by atoms with van der Waals surface area (Å²) in [5.74, 6) is 2.25. The van der Waals surface area contributed by atoms with Crippen molar-refractivity contribution >= 4 is 0 Å². The highest BCUT2D eigenvalue weighted by Crippen LogP contribution is 2.29. The quantitative estimate of drug-likeness (QED) is 0.659. The van der Waals surface area contributed by atoms with Crippen molar-refractivity contribution in [1.29, 1.82) is 0 Å². The first-order chi connectivity index (χ1) is 9.74. The molecular weight excluding hydrogens is 248 g/mol. The number of unbranched alkanes of at least 4 members (excludes halogenated alkanes) is 1. The zero-order chi connectivity index (χ0) is 14.4. The topological polar surface area (TPSA) is 28.4 Å². The van der Waals surface area contributed by atoms with Gasteiger partial charge >= 0.3 is 0 Å². The normalized spacial score (nSPS) is 15.2. The first-order valence-electron chi connectivity index (χ1n) is 8.27. The second-order valence-electron chi connectivity index (χ2n) is 6.05. The molecule has 114 valence electrons. The van der Waals surface area contributed by atoms with Gasteiger partial charge in [-0.25, -0.2) is 0 Å². The number of hydrogen-bond acceptors (Lipinski definition) is 3. The Balaban J connectivity index is 1.89. The van der Waals surface area contributed by atoms with Crippen LogP contribution in [0.4, 0.5) is 0 Å². The average molecular weight is 278 g/mol. The Kier molecular flexibility index (Phi) is 6.11. The number of aryl methyl sites for hydroxylation is 1. The van der Waals surface area contributed by atoms with Gasteiger partial charge in [0.05, 0.1) is 13.1 Å². The minimum atomic E-state index is 0.814. The summed E-state index contributed by atoms with van der Waals surface area (Å²) >= 11 is 0. The van der Waals surface area contributed by atoms with Crippen LogP contribution in [0.15, 0.2) is 10.5 Å². The van der Waals surface area contributed by atoms with Crippen molar-refractivity contribution in [2.75, 3.05) is 13.1 Å². The number of nitrogens with zero attached hydrogens (tertiary/aromatic N) is 1. The first kappa shape index (κ1) is 15.6. The van der Waals surface area contributed by atoms with Crippen molar-refractivity contribution in [3.63, 3.8) is 0 Å². The van der Waals surface area contributed by atoms with Gasteiger partial charge in [0.1, 0.15) is 11.5 Å². The van der Waals surface area contributed by atoms with Gasteiger partial charge in [0.15, 0.2) is 0 Å². The molecule has 0 amide bonds. The Bertz CT molecular complexity index is 396. The van der Waals surface area contributed by atoms with Gasteiger partial charge in [0.25, 0.3) is 0 Å². The molecule has 0 bridgehead atoms. The molecule has 3 nitrogen and oxygen atoms in total. The predicted octanol–water partition coefficient (Wildman–Crippen LogP) is 3.85. The van der Waals surface area contributed by atoms with Crippen molar-refractivity contribution in [2.45, 2.75) is 72.0 Å². The average Bonchev–Trinajstić information content (AvgIpc) is 3.21. The van der Waals surface area contributed by atoms with E-state index in [0.717, 1.165) is 37.2 Å². The van der Waals surface area contributed by atoms with E-state index < -0.39 is 0 Å². The van der Waals surface area contributed by atoms with Gasteiger partial charge in [0.2, 0.25) is 0 Å². The molecule has 1 aromatic heterocycles. The molecule has 1 aliphatic rings. The highest BCUT2D eigenvalue weighted by molar-refractivity contribution is 5.20. The molecule has 0 saturated heterocycles. The van der Waals surface area contributed by atoms with E-state index >= 15 is 0 Å². The molecule has 1 N–H and O–H groups in total. The molecule has 0 spiro atoms. The third kappa shape index (κ3) is 4.64. The molecule has 3 heteroatoms. The first-order valence-corrected chi connectivity index (χ1v) is 8.27. The van der Waals surface area contributed by atoms with Crippen LogP contribution in [0.3, 0.4) is 0 Å². The summed E-state index contributed by atoms with van der Waals surface area (Å²) in [5, 5.41) is 3.42. The summed E-state index contributed by atoms with van der Waals surface area (Å²) in [6.45, 7) is 10.7. The minimum Gasteiger partial charge on any atom is -0.463 e. The molecule has 1 aromatic rings. The van der Waals surface area contributed by atoms with Gasteiger partial charge < -0.3 is 9.73 Å². The highest BCUT2D eigenvalue weighted by atomic mass is 16.3. The largest absolute Gasteiger partial charge is 0.463 e. The van der Waals surface area contributed by atoms with Crippen LogP contribution in [0, 0.1) is 6.92 Å². The molecule has 0 atom stereocenters. The number of furan rings is 1. The van der Waals surface area contributed by atoms with Crippen LogP contribution < -0.4 is 5.32 Å². The maximum atomic E-state index is 6.05. The predicted molar refractivity (Wildman–Crippen MR) is 83.8 cm³/mol. The SMILES string of the molecule is CCCCN(Cc1cc(C)c(CNCCC)o1)C1CC1. The summed E-state index contributed by atoms with van der Waals surface area (Å²) in [7, 11) is 0. The fraction of sp³-hybridized carbons (Fsp3) is 0.765. The second kappa shape index (κ2) is 7.84. The Morgan fingerprint density at radius 1 is 1.30 bits per heavy atom. The van der Waals surface area contributed by atoms with Gasteiger partial charge in [-0.3, -0.25) is 4.90 Å². The highest BCUT2D eigenvalue weighted by Gasteiger charge is 2.29. The molecule has 0 aliphatic heterocycles. The number of rotatable bonds is 10. The van der Waals surface area contributed by atoms with Gasteiger partial charge in [-0.15, -0.1) is 0 Å². The summed E-state index contributed by atoms with van der Waals surface area (Å²) in [4.78, 5) is 2.60. The molecule has 1 heterocycles. The summed E-state index contributed by atoms with van der Waals surface area (Å²) < 4.78 is 6.05. The smallest absolute Gasteiger partial charge is 0.120 e. The molecule has 0 unspecified atom stereocenters. The van der Waals surface area contributed by atoms with Crippen molar-refractivity contribution in [2.24, 2.45) is 0 Å². The van der Waals surface area contributed by atoms with Gasteiger partial charge in [-0.2, -0.15) is 0 Å². The van der Waals surface area contributed by atoms with E-state index in [4.69, 9.17) is 4.42 Å². The van der Waals surface area contributed by atoms with E-state index in [9.17, 15) is 0 Å². The lowest BCUT2D eigenvalue weighted by atomic mass is 10.2. The standard InChI is InChI=1S/C17H30N2O/c1-4-6-10-19(15-7-8-15)13-16-11-14(3)17(20-16)12-18-9-5-2/h11,15,18H,4-10,12-13H2,1-3H3. The van der Waals surface area contributed by atoms with Crippen molar-refractivity contribution < 1.29 is 4.42 Å². The summed E-state index contributed by atoms with van der Waals surface area (Å²) in [5.41, 5.74) is 1.29. The van der Waals surface area contributed by atoms with Crippen LogP contribution in [-0.4, -0.2) is 24.0 Å². The van der Waals surface area contributed by atoms with Gasteiger partial charge in [0, 0.05) is 6.04 Å². The Morgan fingerprint density at radius 2 is 2.10 bits per heavy atom. The third-order valence-corrected chi connectivity index (χ3v) is 4.01. The van der Waals surface area contributed by atoms with Crippen molar-refractivity contribution in [1.82, 2.24) is 10.2 Å². The molecular formula is C17H30N2O. The molecule has 0 radical (unpaired) electrons.